The highest BCUT2D eigenvalue weighted by molar-refractivity contribution is 5.37. The molecular weight excluding hydrogens is 316 g/mol. The smallest absolute Gasteiger partial charge is 0.103 e. The molecule has 1 nitrogen and oxygen atoms in total. The summed E-state index contributed by atoms with van der Waals surface area (Å²) in [5.41, 5.74) is 1.67. The number of hydrogen-bond donors (Lipinski definition) is 0. The van der Waals surface area contributed by atoms with E-state index in [2.05, 4.69) is 6.92 Å². The first kappa shape index (κ1) is 21.8. The van der Waals surface area contributed by atoms with E-state index < -0.39 is 0 Å². The van der Waals surface area contributed by atoms with Crippen LogP contribution in [0.4, 0.5) is 0 Å². The summed E-state index contributed by atoms with van der Waals surface area (Å²) >= 11 is 0. The van der Waals surface area contributed by atoms with Crippen molar-refractivity contribution in [2.45, 2.75) is 135 Å². The van der Waals surface area contributed by atoms with Crippen molar-refractivity contribution in [3.63, 3.8) is 0 Å². The molecule has 0 spiro atoms. The molecule has 0 amide bonds. The van der Waals surface area contributed by atoms with Gasteiger partial charge in [-0.25, -0.2) is 0 Å². The average Bonchev–Trinajstić information content (AvgIpc) is 3.37. The van der Waals surface area contributed by atoms with Crippen molar-refractivity contribution in [1.29, 1.82) is 0 Å². The van der Waals surface area contributed by atoms with E-state index in [9.17, 15) is 0 Å². The summed E-state index contributed by atoms with van der Waals surface area (Å²) < 4.78 is 6.00. The van der Waals surface area contributed by atoms with Gasteiger partial charge in [0.05, 0.1) is 6.61 Å². The maximum absolute atomic E-state index is 6.00. The molecule has 152 valence electrons. The van der Waals surface area contributed by atoms with Crippen LogP contribution in [-0.4, -0.2) is 6.61 Å². The molecule has 0 aromatic heterocycles. The Morgan fingerprint density at radius 3 is 1.62 bits per heavy atom. The van der Waals surface area contributed by atoms with Crippen LogP contribution < -0.4 is 0 Å². The lowest BCUT2D eigenvalue weighted by Gasteiger charge is -2.06. The van der Waals surface area contributed by atoms with Crippen LogP contribution in [0.25, 0.3) is 0 Å². The van der Waals surface area contributed by atoms with E-state index >= 15 is 0 Å². The largest absolute Gasteiger partial charge is 0.497 e. The van der Waals surface area contributed by atoms with Gasteiger partial charge >= 0.3 is 0 Å². The minimum atomic E-state index is 0.796. The molecule has 1 heteroatoms. The second kappa shape index (κ2) is 14.6. The minimum absolute atomic E-state index is 0.796. The van der Waals surface area contributed by atoms with Gasteiger partial charge in [-0.3, -0.25) is 0 Å². The van der Waals surface area contributed by atoms with Crippen LogP contribution in [-0.2, 0) is 4.74 Å². The van der Waals surface area contributed by atoms with Gasteiger partial charge in [-0.2, -0.15) is 0 Å². The van der Waals surface area contributed by atoms with Crippen molar-refractivity contribution in [3.8, 4) is 0 Å². The van der Waals surface area contributed by atoms with Crippen LogP contribution in [0.3, 0.4) is 0 Å². The summed E-state index contributed by atoms with van der Waals surface area (Å²) in [5.74, 6) is 2.20. The molecule has 1 fully saturated rings. The Morgan fingerprint density at radius 2 is 1.15 bits per heavy atom. The fraction of sp³-hybridized carbons (Fsp3) is 0.920. The van der Waals surface area contributed by atoms with Crippen LogP contribution in [0.15, 0.2) is 11.3 Å². The summed E-state index contributed by atoms with van der Waals surface area (Å²) in [6, 6.07) is 0. The Hall–Kier alpha value is -0.460. The number of hydrogen-bond acceptors (Lipinski definition) is 1. The molecule has 0 aliphatic heterocycles. The van der Waals surface area contributed by atoms with Crippen molar-refractivity contribution >= 4 is 0 Å². The van der Waals surface area contributed by atoms with Gasteiger partial charge in [-0.1, -0.05) is 110 Å². The highest BCUT2D eigenvalue weighted by atomic mass is 16.5. The second-order valence-electron chi connectivity index (χ2n) is 8.84. The number of unbranched alkanes of at least 4 members (excludes halogenated alkanes) is 15. The molecule has 2 aliphatic rings. The highest BCUT2D eigenvalue weighted by Crippen LogP contribution is 2.49. The number of ether oxygens (including phenoxy) is 1. The van der Waals surface area contributed by atoms with Crippen LogP contribution in [0.2, 0.25) is 0 Å². The minimum Gasteiger partial charge on any atom is -0.497 e. The first-order valence-corrected chi connectivity index (χ1v) is 12.3. The quantitative estimate of drug-likeness (QED) is 0.221. The molecule has 1 saturated carbocycles. The Kier molecular flexibility index (Phi) is 12.2. The Bertz CT molecular complexity index is 370. The van der Waals surface area contributed by atoms with Crippen LogP contribution >= 0.6 is 0 Å². The number of fused-ring (bicyclic) bond motifs is 1. The predicted molar refractivity (Wildman–Crippen MR) is 114 cm³/mol. The topological polar surface area (TPSA) is 9.23 Å². The Labute approximate surface area is 164 Å². The second-order valence-corrected chi connectivity index (χ2v) is 8.84. The zero-order valence-electron chi connectivity index (χ0n) is 17.8. The van der Waals surface area contributed by atoms with E-state index in [1.54, 1.807) is 5.57 Å². The first-order valence-electron chi connectivity index (χ1n) is 12.3. The SMILES string of the molecule is CCCCCCCCCCCCCCCCCCOC1=C2CCCCC21. The van der Waals surface area contributed by atoms with Crippen molar-refractivity contribution in [2.75, 3.05) is 6.61 Å². The van der Waals surface area contributed by atoms with Crippen LogP contribution in [0, 0.1) is 5.92 Å². The molecule has 2 rings (SSSR count). The van der Waals surface area contributed by atoms with Gasteiger partial charge in [0.15, 0.2) is 0 Å². The third-order valence-corrected chi connectivity index (χ3v) is 6.41. The molecule has 1 unspecified atom stereocenters. The Morgan fingerprint density at radius 1 is 0.654 bits per heavy atom. The molecule has 0 radical (unpaired) electrons. The van der Waals surface area contributed by atoms with Crippen LogP contribution in [0.1, 0.15) is 135 Å². The van der Waals surface area contributed by atoms with Gasteiger partial charge in [0.1, 0.15) is 5.76 Å². The molecule has 1 atom stereocenters. The molecule has 0 heterocycles. The third kappa shape index (κ3) is 9.47. The molecule has 0 bridgehead atoms. The fourth-order valence-electron chi connectivity index (χ4n) is 4.59. The van der Waals surface area contributed by atoms with Gasteiger partial charge in [-0.15, -0.1) is 0 Å². The van der Waals surface area contributed by atoms with Gasteiger partial charge in [0.25, 0.3) is 0 Å². The predicted octanol–water partition coefficient (Wildman–Crippen LogP) is 8.72. The van der Waals surface area contributed by atoms with Crippen molar-refractivity contribution < 1.29 is 4.74 Å². The van der Waals surface area contributed by atoms with Crippen molar-refractivity contribution in [3.05, 3.63) is 11.3 Å². The van der Waals surface area contributed by atoms with Gasteiger partial charge in [0.2, 0.25) is 0 Å². The van der Waals surface area contributed by atoms with Crippen LogP contribution in [0.5, 0.6) is 0 Å². The lowest BCUT2D eigenvalue weighted by molar-refractivity contribution is 0.206. The summed E-state index contributed by atoms with van der Waals surface area (Å²) in [6.07, 6.45) is 28.5. The summed E-state index contributed by atoms with van der Waals surface area (Å²) in [6.45, 7) is 3.28. The van der Waals surface area contributed by atoms with E-state index in [1.807, 2.05) is 0 Å². The molecule has 0 N–H and O–H groups in total. The molecule has 0 saturated heterocycles. The lowest BCUT2D eigenvalue weighted by atomic mass is 10.00. The van der Waals surface area contributed by atoms with E-state index in [0.717, 1.165) is 12.5 Å². The van der Waals surface area contributed by atoms with E-state index in [1.165, 1.54) is 134 Å². The molecule has 26 heavy (non-hydrogen) atoms. The zero-order chi connectivity index (χ0) is 18.3. The van der Waals surface area contributed by atoms with Crippen molar-refractivity contribution in [2.24, 2.45) is 5.92 Å². The van der Waals surface area contributed by atoms with Gasteiger partial charge in [0, 0.05) is 5.92 Å². The molecular formula is C25H46O. The zero-order valence-corrected chi connectivity index (χ0v) is 17.8. The maximum Gasteiger partial charge on any atom is 0.103 e. The van der Waals surface area contributed by atoms with Gasteiger partial charge < -0.3 is 4.74 Å². The molecule has 2 aliphatic carbocycles. The van der Waals surface area contributed by atoms with Crippen molar-refractivity contribution in [1.82, 2.24) is 0 Å². The molecule has 0 aromatic carbocycles. The lowest BCUT2D eigenvalue weighted by Crippen LogP contribution is -1.94. The number of rotatable bonds is 18. The molecule has 0 aromatic rings. The fourth-order valence-corrected chi connectivity index (χ4v) is 4.59. The van der Waals surface area contributed by atoms with Gasteiger partial charge in [-0.05, 0) is 31.3 Å². The Balaban J connectivity index is 1.22. The average molecular weight is 363 g/mol. The monoisotopic (exact) mass is 362 g/mol. The van der Waals surface area contributed by atoms with E-state index in [0.29, 0.717) is 0 Å². The third-order valence-electron chi connectivity index (χ3n) is 6.41. The normalized spacial score (nSPS) is 18.9. The maximum atomic E-state index is 6.00. The van der Waals surface area contributed by atoms with E-state index in [4.69, 9.17) is 4.74 Å². The summed E-state index contributed by atoms with van der Waals surface area (Å²) in [7, 11) is 0. The highest BCUT2D eigenvalue weighted by Gasteiger charge is 2.39. The standard InChI is InChI=1S/C25H46O/c1-2-3-4-5-6-7-8-9-10-11-12-13-14-15-16-19-22-26-25-23-20-17-18-21-24(23)25/h23H,2-22H2,1H3. The number of allylic oxidation sites excluding steroid dienone is 2. The summed E-state index contributed by atoms with van der Waals surface area (Å²) in [5, 5.41) is 0. The van der Waals surface area contributed by atoms with E-state index in [-0.39, 0.29) is 0 Å². The summed E-state index contributed by atoms with van der Waals surface area (Å²) in [4.78, 5) is 0. The first-order chi connectivity index (χ1) is 12.9.